The van der Waals surface area contributed by atoms with E-state index in [-0.39, 0.29) is 12.3 Å². The fourth-order valence-electron chi connectivity index (χ4n) is 2.24. The zero-order valence-electron chi connectivity index (χ0n) is 11.6. The number of aryl methyl sites for hydroxylation is 2. The fraction of sp³-hybridized carbons (Fsp3) is 0.357. The van der Waals surface area contributed by atoms with Crippen LogP contribution in [0.25, 0.3) is 0 Å². The maximum Gasteiger partial charge on any atom is 0.308 e. The number of carbonyl (C=O) groups is 2. The Bertz CT molecular complexity index is 566. The third kappa shape index (κ3) is 2.80. The summed E-state index contributed by atoms with van der Waals surface area (Å²) in [6, 6.07) is 5.14. The standard InChI is InChI=1S/C14H16N2O3S/c1-8-4-9(2)6-10(5-8)16-13(18)11(15-14(16)20)7-12(17)19-3/h4-6,11H,7H2,1-3H3,(H,15,20)/t11-/m1/s1. The van der Waals surface area contributed by atoms with Gasteiger partial charge in [0.25, 0.3) is 5.91 Å². The summed E-state index contributed by atoms with van der Waals surface area (Å²) in [5, 5.41) is 3.18. The lowest BCUT2D eigenvalue weighted by atomic mass is 10.1. The number of hydrogen-bond acceptors (Lipinski definition) is 4. The van der Waals surface area contributed by atoms with Gasteiger partial charge in [0.05, 0.1) is 19.2 Å². The molecule has 0 unspecified atom stereocenters. The lowest BCUT2D eigenvalue weighted by Gasteiger charge is -2.16. The molecule has 1 N–H and O–H groups in total. The van der Waals surface area contributed by atoms with Crippen LogP contribution in [-0.4, -0.2) is 30.1 Å². The van der Waals surface area contributed by atoms with Crippen molar-refractivity contribution in [3.05, 3.63) is 29.3 Å². The van der Waals surface area contributed by atoms with Gasteiger partial charge in [-0.15, -0.1) is 0 Å². The molecule has 1 atom stereocenters. The van der Waals surface area contributed by atoms with Crippen LogP contribution in [0.1, 0.15) is 17.5 Å². The molecule has 1 aromatic rings. The summed E-state index contributed by atoms with van der Waals surface area (Å²) < 4.78 is 4.58. The fourth-order valence-corrected chi connectivity index (χ4v) is 2.58. The lowest BCUT2D eigenvalue weighted by molar-refractivity contribution is -0.142. The van der Waals surface area contributed by atoms with E-state index in [1.165, 1.54) is 12.0 Å². The Kier molecular flexibility index (Phi) is 4.04. The van der Waals surface area contributed by atoms with E-state index in [0.29, 0.717) is 5.11 Å². The van der Waals surface area contributed by atoms with Crippen LogP contribution in [0.4, 0.5) is 5.69 Å². The molecule has 1 aliphatic heterocycles. The Morgan fingerprint density at radius 2 is 1.95 bits per heavy atom. The first-order valence-electron chi connectivity index (χ1n) is 6.22. The summed E-state index contributed by atoms with van der Waals surface area (Å²) in [6.45, 7) is 3.92. The number of thiocarbonyl (C=S) groups is 1. The Morgan fingerprint density at radius 3 is 2.50 bits per heavy atom. The minimum Gasteiger partial charge on any atom is -0.469 e. The van der Waals surface area contributed by atoms with Gasteiger partial charge in [-0.3, -0.25) is 14.5 Å². The highest BCUT2D eigenvalue weighted by Gasteiger charge is 2.37. The summed E-state index contributed by atoms with van der Waals surface area (Å²) in [5.41, 5.74) is 2.82. The maximum absolute atomic E-state index is 12.4. The van der Waals surface area contributed by atoms with Crippen LogP contribution in [-0.2, 0) is 14.3 Å². The van der Waals surface area contributed by atoms with Crippen molar-refractivity contribution in [2.24, 2.45) is 0 Å². The predicted molar refractivity (Wildman–Crippen MR) is 79.6 cm³/mol. The number of anilines is 1. The second kappa shape index (κ2) is 5.58. The third-order valence-corrected chi connectivity index (χ3v) is 3.38. The quantitative estimate of drug-likeness (QED) is 0.675. The van der Waals surface area contributed by atoms with Crippen molar-refractivity contribution in [2.75, 3.05) is 12.0 Å². The average Bonchev–Trinajstić information content (AvgIpc) is 2.63. The number of methoxy groups -OCH3 is 1. The highest BCUT2D eigenvalue weighted by molar-refractivity contribution is 7.80. The van der Waals surface area contributed by atoms with E-state index in [1.54, 1.807) is 0 Å². The van der Waals surface area contributed by atoms with Gasteiger partial charge in [-0.25, -0.2) is 0 Å². The number of nitrogens with one attached hydrogen (secondary N) is 1. The van der Waals surface area contributed by atoms with Crippen LogP contribution >= 0.6 is 12.2 Å². The molecule has 0 spiro atoms. The summed E-state index contributed by atoms with van der Waals surface area (Å²) in [5.74, 6) is -0.675. The van der Waals surface area contributed by atoms with Gasteiger partial charge in [-0.05, 0) is 49.3 Å². The summed E-state index contributed by atoms with van der Waals surface area (Å²) in [7, 11) is 1.29. The molecule has 1 aromatic carbocycles. The molecule has 1 saturated heterocycles. The van der Waals surface area contributed by atoms with Crippen LogP contribution in [0.3, 0.4) is 0 Å². The van der Waals surface area contributed by atoms with Gasteiger partial charge in [0, 0.05) is 0 Å². The minimum absolute atomic E-state index is 0.0310. The van der Waals surface area contributed by atoms with E-state index < -0.39 is 12.0 Å². The number of carbonyl (C=O) groups excluding carboxylic acids is 2. The summed E-state index contributed by atoms with van der Waals surface area (Å²) in [4.78, 5) is 25.1. The van der Waals surface area contributed by atoms with Crippen LogP contribution in [0, 0.1) is 13.8 Å². The van der Waals surface area contributed by atoms with E-state index in [9.17, 15) is 9.59 Å². The van der Waals surface area contributed by atoms with E-state index in [2.05, 4.69) is 10.1 Å². The highest BCUT2D eigenvalue weighted by Crippen LogP contribution is 2.23. The van der Waals surface area contributed by atoms with Crippen molar-refractivity contribution in [1.82, 2.24) is 5.32 Å². The van der Waals surface area contributed by atoms with Crippen molar-refractivity contribution in [3.8, 4) is 0 Å². The lowest BCUT2D eigenvalue weighted by Crippen LogP contribution is -2.32. The van der Waals surface area contributed by atoms with Crippen molar-refractivity contribution >= 4 is 34.9 Å². The van der Waals surface area contributed by atoms with Gasteiger partial charge < -0.3 is 10.1 Å². The Hall–Kier alpha value is -1.95. The Labute approximate surface area is 122 Å². The molecular formula is C14H16N2O3S. The number of hydrogen-bond donors (Lipinski definition) is 1. The van der Waals surface area contributed by atoms with E-state index in [4.69, 9.17) is 12.2 Å². The van der Waals surface area contributed by atoms with Crippen LogP contribution < -0.4 is 10.2 Å². The average molecular weight is 292 g/mol. The molecule has 2 rings (SSSR count). The topological polar surface area (TPSA) is 58.6 Å². The second-order valence-corrected chi connectivity index (χ2v) is 5.19. The van der Waals surface area contributed by atoms with Crippen molar-refractivity contribution in [3.63, 3.8) is 0 Å². The smallest absolute Gasteiger partial charge is 0.308 e. The number of benzene rings is 1. The zero-order valence-corrected chi connectivity index (χ0v) is 12.4. The monoisotopic (exact) mass is 292 g/mol. The van der Waals surface area contributed by atoms with Gasteiger partial charge in [0.1, 0.15) is 6.04 Å². The molecule has 1 fully saturated rings. The SMILES string of the molecule is COC(=O)C[C@H]1NC(=S)N(c2cc(C)cc(C)c2)C1=O. The molecule has 106 valence electrons. The molecule has 6 heteroatoms. The molecule has 1 heterocycles. The van der Waals surface area contributed by atoms with Gasteiger partial charge in [0.2, 0.25) is 0 Å². The largest absolute Gasteiger partial charge is 0.469 e. The van der Waals surface area contributed by atoms with Gasteiger partial charge in [-0.1, -0.05) is 6.07 Å². The number of amides is 1. The van der Waals surface area contributed by atoms with Crippen LogP contribution in [0.5, 0.6) is 0 Å². The first-order valence-corrected chi connectivity index (χ1v) is 6.63. The van der Waals surface area contributed by atoms with E-state index >= 15 is 0 Å². The molecule has 5 nitrogen and oxygen atoms in total. The van der Waals surface area contributed by atoms with Crippen molar-refractivity contribution in [1.29, 1.82) is 0 Å². The molecule has 0 radical (unpaired) electrons. The van der Waals surface area contributed by atoms with E-state index in [1.807, 2.05) is 32.0 Å². The maximum atomic E-state index is 12.4. The summed E-state index contributed by atoms with van der Waals surface area (Å²) in [6.07, 6.45) is -0.0310. The van der Waals surface area contributed by atoms with Crippen LogP contribution in [0.2, 0.25) is 0 Å². The molecular weight excluding hydrogens is 276 g/mol. The van der Waals surface area contributed by atoms with Gasteiger partial charge in [-0.2, -0.15) is 0 Å². The molecule has 0 aliphatic carbocycles. The minimum atomic E-state index is -0.657. The highest BCUT2D eigenvalue weighted by atomic mass is 32.1. The summed E-state index contributed by atoms with van der Waals surface area (Å²) >= 11 is 5.19. The molecule has 0 aromatic heterocycles. The first-order chi connectivity index (χ1) is 9.42. The first kappa shape index (κ1) is 14.5. The molecule has 1 amide bonds. The third-order valence-electron chi connectivity index (χ3n) is 3.08. The van der Waals surface area contributed by atoms with E-state index in [0.717, 1.165) is 16.8 Å². The number of ether oxygens (including phenoxy) is 1. The molecule has 0 saturated carbocycles. The Morgan fingerprint density at radius 1 is 1.35 bits per heavy atom. The predicted octanol–water partition coefficient (Wildman–Crippen LogP) is 1.46. The van der Waals surface area contributed by atoms with Crippen molar-refractivity contribution in [2.45, 2.75) is 26.3 Å². The number of rotatable bonds is 3. The van der Waals surface area contributed by atoms with Crippen molar-refractivity contribution < 1.29 is 14.3 Å². The van der Waals surface area contributed by atoms with Gasteiger partial charge in [0.15, 0.2) is 5.11 Å². The molecule has 0 bridgehead atoms. The Balaban J connectivity index is 2.26. The second-order valence-electron chi connectivity index (χ2n) is 4.80. The number of esters is 1. The molecule has 1 aliphatic rings. The van der Waals surface area contributed by atoms with Gasteiger partial charge >= 0.3 is 5.97 Å². The normalized spacial score (nSPS) is 18.1. The van der Waals surface area contributed by atoms with Crippen LogP contribution in [0.15, 0.2) is 18.2 Å². The number of nitrogens with zero attached hydrogens (tertiary/aromatic N) is 1. The zero-order chi connectivity index (χ0) is 14.9. The molecule has 20 heavy (non-hydrogen) atoms.